The lowest BCUT2D eigenvalue weighted by atomic mass is 10.1. The first-order valence-electron chi connectivity index (χ1n) is 7.35. The summed E-state index contributed by atoms with van der Waals surface area (Å²) in [5.74, 6) is 0. The molecule has 1 aromatic rings. The van der Waals surface area contributed by atoms with E-state index >= 15 is 0 Å². The van der Waals surface area contributed by atoms with Crippen LogP contribution in [-0.4, -0.2) is 24.5 Å². The maximum absolute atomic E-state index is 9.44. The lowest BCUT2D eigenvalue weighted by Gasteiger charge is -2.23. The molecule has 5 nitrogen and oxygen atoms in total. The molecule has 0 atom stereocenters. The van der Waals surface area contributed by atoms with Crippen LogP contribution in [0.5, 0.6) is 0 Å². The van der Waals surface area contributed by atoms with Crippen molar-refractivity contribution in [2.45, 2.75) is 25.7 Å². The fourth-order valence-electron chi connectivity index (χ4n) is 2.56. The minimum Gasteiger partial charge on any atom is -0.370 e. The monoisotopic (exact) mass is 313 g/mol. The third-order valence-electron chi connectivity index (χ3n) is 3.63. The van der Waals surface area contributed by atoms with Crippen LogP contribution in [0.2, 0.25) is 0 Å². The highest BCUT2D eigenvalue weighted by atomic mass is 32.2. The highest BCUT2D eigenvalue weighted by molar-refractivity contribution is 8.13. The van der Waals surface area contributed by atoms with Crippen LogP contribution < -0.4 is 10.2 Å². The van der Waals surface area contributed by atoms with Gasteiger partial charge in [0.05, 0.1) is 16.9 Å². The lowest BCUT2D eigenvalue weighted by Crippen LogP contribution is -2.24. The summed E-state index contributed by atoms with van der Waals surface area (Å²) in [7, 11) is 0. The average molecular weight is 313 g/mol. The number of benzene rings is 1. The van der Waals surface area contributed by atoms with Gasteiger partial charge in [0.1, 0.15) is 6.07 Å². The Bertz CT molecular complexity index is 618. The zero-order valence-electron chi connectivity index (χ0n) is 12.7. The Morgan fingerprint density at radius 3 is 2.55 bits per heavy atom. The summed E-state index contributed by atoms with van der Waals surface area (Å²) in [6.07, 6.45) is 8.58. The molecule has 2 rings (SSSR count). The quantitative estimate of drug-likeness (QED) is 0.392. The van der Waals surface area contributed by atoms with E-state index in [0.29, 0.717) is 16.4 Å². The van der Waals surface area contributed by atoms with Gasteiger partial charge in [-0.05, 0) is 37.3 Å². The van der Waals surface area contributed by atoms with Crippen molar-refractivity contribution in [3.05, 3.63) is 23.8 Å². The van der Waals surface area contributed by atoms with Crippen LogP contribution >= 0.6 is 11.8 Å². The molecule has 0 unspecified atom stereocenters. The number of nitriles is 2. The van der Waals surface area contributed by atoms with Gasteiger partial charge in [-0.3, -0.25) is 5.32 Å². The molecule has 0 saturated carbocycles. The molecule has 1 fully saturated rings. The zero-order valence-corrected chi connectivity index (χ0v) is 13.5. The van der Waals surface area contributed by atoms with E-state index in [1.807, 2.05) is 24.6 Å². The maximum Gasteiger partial charge on any atom is 0.183 e. The van der Waals surface area contributed by atoms with Crippen LogP contribution in [0.1, 0.15) is 31.2 Å². The summed E-state index contributed by atoms with van der Waals surface area (Å²) in [6.45, 7) is 2.01. The van der Waals surface area contributed by atoms with Crippen molar-refractivity contribution in [1.29, 1.82) is 10.5 Å². The van der Waals surface area contributed by atoms with Crippen molar-refractivity contribution in [3.63, 3.8) is 0 Å². The summed E-state index contributed by atoms with van der Waals surface area (Å²) in [5.41, 5.74) is 2.31. The fraction of sp³-hybridized carbons (Fsp3) is 0.438. The Balaban J connectivity index is 2.28. The number of aliphatic imine (C=N–C) groups is 1. The first-order chi connectivity index (χ1) is 10.8. The number of amidine groups is 1. The van der Waals surface area contributed by atoms with Gasteiger partial charge in [-0.25, -0.2) is 4.99 Å². The number of anilines is 1. The maximum atomic E-state index is 9.44. The molecule has 1 aliphatic heterocycles. The highest BCUT2D eigenvalue weighted by Crippen LogP contribution is 2.27. The Morgan fingerprint density at radius 1 is 1.23 bits per heavy atom. The number of hydrogen-bond acceptors (Lipinski definition) is 5. The second-order valence-electron chi connectivity index (χ2n) is 5.07. The second-order valence-corrected chi connectivity index (χ2v) is 5.87. The molecule has 1 aliphatic rings. The second kappa shape index (κ2) is 8.31. The van der Waals surface area contributed by atoms with E-state index in [4.69, 9.17) is 5.26 Å². The predicted molar refractivity (Wildman–Crippen MR) is 91.2 cm³/mol. The largest absolute Gasteiger partial charge is 0.370 e. The van der Waals surface area contributed by atoms with Crippen LogP contribution in [0.15, 0.2) is 23.2 Å². The Labute approximate surface area is 135 Å². The summed E-state index contributed by atoms with van der Waals surface area (Å²) in [5, 5.41) is 21.2. The molecule has 1 saturated heterocycles. The molecule has 1 aromatic carbocycles. The molecule has 0 bridgehead atoms. The van der Waals surface area contributed by atoms with Gasteiger partial charge in [-0.2, -0.15) is 10.5 Å². The first kappa shape index (κ1) is 16.2. The van der Waals surface area contributed by atoms with E-state index in [-0.39, 0.29) is 0 Å². The lowest BCUT2D eigenvalue weighted by molar-refractivity contribution is 0.726. The summed E-state index contributed by atoms with van der Waals surface area (Å²) < 4.78 is 0. The number of nitrogens with one attached hydrogen (secondary N) is 1. The molecular weight excluding hydrogens is 294 g/mol. The van der Waals surface area contributed by atoms with E-state index in [0.717, 1.165) is 18.8 Å². The molecule has 1 N–H and O–H groups in total. The van der Waals surface area contributed by atoms with Gasteiger partial charge in [0.2, 0.25) is 0 Å². The van der Waals surface area contributed by atoms with Crippen LogP contribution in [0.25, 0.3) is 0 Å². The van der Waals surface area contributed by atoms with Crippen LogP contribution in [0.3, 0.4) is 0 Å². The van der Waals surface area contributed by atoms with Gasteiger partial charge in [-0.15, -0.1) is 0 Å². The van der Waals surface area contributed by atoms with Gasteiger partial charge in [0.25, 0.3) is 0 Å². The zero-order chi connectivity index (χ0) is 15.8. The summed E-state index contributed by atoms with van der Waals surface area (Å²) >= 11 is 1.36. The molecule has 0 amide bonds. The van der Waals surface area contributed by atoms with Gasteiger partial charge in [0, 0.05) is 13.1 Å². The molecule has 22 heavy (non-hydrogen) atoms. The third kappa shape index (κ3) is 4.16. The van der Waals surface area contributed by atoms with Crippen molar-refractivity contribution in [2.24, 2.45) is 4.99 Å². The molecule has 0 aromatic heterocycles. The number of nitrogens with zero attached hydrogens (tertiary/aromatic N) is 4. The van der Waals surface area contributed by atoms with E-state index < -0.39 is 0 Å². The summed E-state index contributed by atoms with van der Waals surface area (Å²) in [6, 6.07) is 7.93. The van der Waals surface area contributed by atoms with Crippen molar-refractivity contribution >= 4 is 28.3 Å². The van der Waals surface area contributed by atoms with E-state index in [1.165, 1.54) is 37.4 Å². The van der Waals surface area contributed by atoms with Gasteiger partial charge in [-0.1, -0.05) is 24.6 Å². The molecule has 0 aliphatic carbocycles. The Morgan fingerprint density at radius 2 is 1.95 bits per heavy atom. The SMILES string of the molecule is CSC(=Nc1ccc(N2CCCCCC2)c(C#N)c1)NC#N. The predicted octanol–water partition coefficient (Wildman–Crippen LogP) is 3.36. The van der Waals surface area contributed by atoms with Crippen LogP contribution in [0, 0.1) is 22.8 Å². The van der Waals surface area contributed by atoms with Crippen molar-refractivity contribution in [3.8, 4) is 12.3 Å². The Kier molecular flexibility index (Phi) is 6.12. The van der Waals surface area contributed by atoms with Crippen molar-refractivity contribution < 1.29 is 0 Å². The molecule has 1 heterocycles. The minimum absolute atomic E-state index is 0.522. The average Bonchev–Trinajstić information content (AvgIpc) is 2.83. The van der Waals surface area contributed by atoms with E-state index in [1.54, 1.807) is 6.07 Å². The van der Waals surface area contributed by atoms with Crippen LogP contribution in [0.4, 0.5) is 11.4 Å². The first-order valence-corrected chi connectivity index (χ1v) is 8.58. The highest BCUT2D eigenvalue weighted by Gasteiger charge is 2.14. The van der Waals surface area contributed by atoms with E-state index in [9.17, 15) is 5.26 Å². The summed E-state index contributed by atoms with van der Waals surface area (Å²) in [4.78, 5) is 6.65. The molecule has 114 valence electrons. The van der Waals surface area contributed by atoms with Crippen LogP contribution in [-0.2, 0) is 0 Å². The number of thioether (sulfide) groups is 1. The Hall–Kier alpha value is -2.18. The molecule has 0 spiro atoms. The minimum atomic E-state index is 0.522. The van der Waals surface area contributed by atoms with Gasteiger partial charge < -0.3 is 4.90 Å². The fourth-order valence-corrected chi connectivity index (χ4v) is 2.90. The number of rotatable bonds is 2. The van der Waals surface area contributed by atoms with Crippen molar-refractivity contribution in [1.82, 2.24) is 5.32 Å². The smallest absolute Gasteiger partial charge is 0.183 e. The third-order valence-corrected chi connectivity index (χ3v) is 4.21. The van der Waals surface area contributed by atoms with E-state index in [2.05, 4.69) is 21.3 Å². The topological polar surface area (TPSA) is 75.2 Å². The molecule has 6 heteroatoms. The van der Waals surface area contributed by atoms with Gasteiger partial charge in [0.15, 0.2) is 11.4 Å². The standard InChI is InChI=1S/C16H19N5S/c1-22-16(19-12-18)20-14-6-7-15(13(10-14)11-17)21-8-4-2-3-5-9-21/h6-7,10H,2-5,8-9H2,1H3,(H,19,20). The number of hydrogen-bond donors (Lipinski definition) is 1. The molecule has 0 radical (unpaired) electrons. The molecular formula is C16H19N5S. The van der Waals surface area contributed by atoms with Gasteiger partial charge >= 0.3 is 0 Å². The van der Waals surface area contributed by atoms with Crippen molar-refractivity contribution in [2.75, 3.05) is 24.2 Å². The normalized spacial score (nSPS) is 15.6.